The van der Waals surface area contributed by atoms with E-state index < -0.39 is 6.10 Å². The smallest absolute Gasteiger partial charge is 0.120 e. The van der Waals surface area contributed by atoms with Crippen molar-refractivity contribution in [1.29, 1.82) is 0 Å². The number of methoxy groups -OCH3 is 1. The van der Waals surface area contributed by atoms with Crippen LogP contribution >= 0.6 is 0 Å². The molecule has 0 radical (unpaired) electrons. The van der Waals surface area contributed by atoms with Crippen molar-refractivity contribution in [2.24, 2.45) is 5.92 Å². The lowest BCUT2D eigenvalue weighted by Crippen LogP contribution is -2.26. The van der Waals surface area contributed by atoms with Gasteiger partial charge in [0.25, 0.3) is 0 Å². The first-order valence-electron chi connectivity index (χ1n) is 6.43. The van der Waals surface area contributed by atoms with Crippen molar-refractivity contribution in [2.45, 2.75) is 46.0 Å². The highest BCUT2D eigenvalue weighted by molar-refractivity contribution is 5.30. The van der Waals surface area contributed by atoms with Gasteiger partial charge in [-0.05, 0) is 37.5 Å². The molecule has 0 heterocycles. The number of benzene rings is 1. The SMILES string of the molecule is COC(C(C)C)C(O)c1cccc(OC(C)C)c1. The lowest BCUT2D eigenvalue weighted by atomic mass is 9.96. The average molecular weight is 252 g/mol. The number of ether oxygens (including phenoxy) is 2. The molecule has 0 saturated carbocycles. The number of hydrogen-bond donors (Lipinski definition) is 1. The van der Waals surface area contributed by atoms with Gasteiger partial charge in [0.2, 0.25) is 0 Å². The predicted octanol–water partition coefficient (Wildman–Crippen LogP) is 3.18. The van der Waals surface area contributed by atoms with Gasteiger partial charge in [-0.3, -0.25) is 0 Å². The molecule has 1 rings (SSSR count). The second-order valence-electron chi connectivity index (χ2n) is 5.13. The number of rotatable bonds is 6. The Morgan fingerprint density at radius 3 is 2.28 bits per heavy atom. The maximum absolute atomic E-state index is 10.3. The summed E-state index contributed by atoms with van der Waals surface area (Å²) in [4.78, 5) is 0. The molecule has 0 spiro atoms. The van der Waals surface area contributed by atoms with E-state index in [1.54, 1.807) is 7.11 Å². The molecule has 2 atom stereocenters. The van der Waals surface area contributed by atoms with Gasteiger partial charge < -0.3 is 14.6 Å². The first-order valence-corrected chi connectivity index (χ1v) is 6.43. The summed E-state index contributed by atoms with van der Waals surface area (Å²) in [6.07, 6.45) is -0.717. The third-order valence-corrected chi connectivity index (χ3v) is 2.81. The van der Waals surface area contributed by atoms with Crippen LogP contribution in [0.5, 0.6) is 5.75 Å². The Morgan fingerprint density at radius 1 is 1.11 bits per heavy atom. The van der Waals surface area contributed by atoms with Crippen molar-refractivity contribution in [2.75, 3.05) is 7.11 Å². The summed E-state index contributed by atoms with van der Waals surface area (Å²) < 4.78 is 11.0. The number of aliphatic hydroxyl groups excluding tert-OH is 1. The molecule has 3 heteroatoms. The van der Waals surface area contributed by atoms with Crippen molar-refractivity contribution < 1.29 is 14.6 Å². The lowest BCUT2D eigenvalue weighted by molar-refractivity contribution is -0.0391. The summed E-state index contributed by atoms with van der Waals surface area (Å²) in [6.45, 7) is 8.03. The molecule has 1 aromatic rings. The molecule has 1 aromatic carbocycles. The fraction of sp³-hybridized carbons (Fsp3) is 0.600. The van der Waals surface area contributed by atoms with Crippen molar-refractivity contribution in [1.82, 2.24) is 0 Å². The summed E-state index contributed by atoms with van der Waals surface area (Å²) in [7, 11) is 1.63. The largest absolute Gasteiger partial charge is 0.491 e. The number of aliphatic hydroxyl groups is 1. The Balaban J connectivity index is 2.88. The van der Waals surface area contributed by atoms with Gasteiger partial charge in [-0.2, -0.15) is 0 Å². The molecule has 1 N–H and O–H groups in total. The van der Waals surface area contributed by atoms with Crippen molar-refractivity contribution in [3.05, 3.63) is 29.8 Å². The number of hydrogen-bond acceptors (Lipinski definition) is 3. The molecular formula is C15H24O3. The van der Waals surface area contributed by atoms with Gasteiger partial charge >= 0.3 is 0 Å². The molecule has 0 fully saturated rings. The molecule has 102 valence electrons. The molecule has 0 aromatic heterocycles. The van der Waals surface area contributed by atoms with Gasteiger partial charge in [-0.25, -0.2) is 0 Å². The first-order chi connectivity index (χ1) is 8.45. The topological polar surface area (TPSA) is 38.7 Å². The molecule has 0 aliphatic heterocycles. The van der Waals surface area contributed by atoms with Crippen LogP contribution in [0, 0.1) is 5.92 Å². The Labute approximate surface area is 110 Å². The monoisotopic (exact) mass is 252 g/mol. The van der Waals surface area contributed by atoms with Gasteiger partial charge in [0.15, 0.2) is 0 Å². The maximum atomic E-state index is 10.3. The fourth-order valence-electron chi connectivity index (χ4n) is 2.00. The highest BCUT2D eigenvalue weighted by atomic mass is 16.5. The van der Waals surface area contributed by atoms with Gasteiger partial charge in [0, 0.05) is 7.11 Å². The second-order valence-corrected chi connectivity index (χ2v) is 5.13. The quantitative estimate of drug-likeness (QED) is 0.845. The summed E-state index contributed by atoms with van der Waals surface area (Å²) in [5.41, 5.74) is 0.828. The molecule has 0 aliphatic rings. The van der Waals surface area contributed by atoms with Crippen LogP contribution in [0.15, 0.2) is 24.3 Å². The van der Waals surface area contributed by atoms with Crippen LogP contribution in [0.25, 0.3) is 0 Å². The summed E-state index contributed by atoms with van der Waals surface area (Å²) >= 11 is 0. The lowest BCUT2D eigenvalue weighted by Gasteiger charge is -2.25. The fourth-order valence-corrected chi connectivity index (χ4v) is 2.00. The van der Waals surface area contributed by atoms with E-state index in [1.165, 1.54) is 0 Å². The highest BCUT2D eigenvalue weighted by Crippen LogP contribution is 2.27. The molecule has 0 aliphatic carbocycles. The van der Waals surface area contributed by atoms with Crippen molar-refractivity contribution in [3.63, 3.8) is 0 Å². The van der Waals surface area contributed by atoms with Crippen molar-refractivity contribution >= 4 is 0 Å². The van der Waals surface area contributed by atoms with Gasteiger partial charge in [0.1, 0.15) is 11.9 Å². The summed E-state index contributed by atoms with van der Waals surface area (Å²) in [5, 5.41) is 10.3. The zero-order valence-electron chi connectivity index (χ0n) is 11.9. The molecule has 2 unspecified atom stereocenters. The zero-order chi connectivity index (χ0) is 13.7. The van der Waals surface area contributed by atoms with Crippen LogP contribution < -0.4 is 4.74 Å². The zero-order valence-corrected chi connectivity index (χ0v) is 11.9. The standard InChI is InChI=1S/C15H24O3/c1-10(2)15(17-5)14(16)12-7-6-8-13(9-12)18-11(3)4/h6-11,14-16H,1-5H3. The predicted molar refractivity (Wildman–Crippen MR) is 72.8 cm³/mol. The maximum Gasteiger partial charge on any atom is 0.120 e. The minimum Gasteiger partial charge on any atom is -0.491 e. The van der Waals surface area contributed by atoms with E-state index >= 15 is 0 Å². The normalized spacial score (nSPS) is 14.9. The minimum absolute atomic E-state index is 0.126. The van der Waals surface area contributed by atoms with E-state index in [1.807, 2.05) is 52.0 Å². The third-order valence-electron chi connectivity index (χ3n) is 2.81. The van der Waals surface area contributed by atoms with Crippen LogP contribution in [0.4, 0.5) is 0 Å². The highest BCUT2D eigenvalue weighted by Gasteiger charge is 2.24. The van der Waals surface area contributed by atoms with E-state index in [0.29, 0.717) is 0 Å². The first kappa shape index (κ1) is 15.0. The van der Waals surface area contributed by atoms with Gasteiger partial charge in [0.05, 0.1) is 12.2 Å². The van der Waals surface area contributed by atoms with Gasteiger partial charge in [-0.15, -0.1) is 0 Å². The Hall–Kier alpha value is -1.06. The molecule has 3 nitrogen and oxygen atoms in total. The average Bonchev–Trinajstić information content (AvgIpc) is 2.28. The Morgan fingerprint density at radius 2 is 1.78 bits per heavy atom. The Bertz CT molecular complexity index is 361. The van der Waals surface area contributed by atoms with E-state index in [2.05, 4.69) is 0 Å². The van der Waals surface area contributed by atoms with Crippen LogP contribution in [0.1, 0.15) is 39.4 Å². The van der Waals surface area contributed by atoms with E-state index in [0.717, 1.165) is 11.3 Å². The van der Waals surface area contributed by atoms with Crippen LogP contribution in [0.2, 0.25) is 0 Å². The summed E-state index contributed by atoms with van der Waals surface area (Å²) in [6, 6.07) is 7.56. The van der Waals surface area contributed by atoms with Crippen molar-refractivity contribution in [3.8, 4) is 5.75 Å². The van der Waals surface area contributed by atoms with Crippen LogP contribution in [-0.4, -0.2) is 24.4 Å². The molecule has 0 amide bonds. The molecule has 18 heavy (non-hydrogen) atoms. The summed E-state index contributed by atoms with van der Waals surface area (Å²) in [5.74, 6) is 1.03. The minimum atomic E-state index is -0.634. The molecule has 0 saturated heterocycles. The molecule has 0 bridgehead atoms. The molecular weight excluding hydrogens is 228 g/mol. The second kappa shape index (κ2) is 6.76. The van der Waals surface area contributed by atoms with Crippen LogP contribution in [0.3, 0.4) is 0 Å². The third kappa shape index (κ3) is 4.00. The van der Waals surface area contributed by atoms with Crippen LogP contribution in [-0.2, 0) is 4.74 Å². The van der Waals surface area contributed by atoms with Gasteiger partial charge in [-0.1, -0.05) is 26.0 Å². The Kier molecular flexibility index (Phi) is 5.63. The van der Waals surface area contributed by atoms with E-state index in [-0.39, 0.29) is 18.1 Å². The van der Waals surface area contributed by atoms with E-state index in [9.17, 15) is 5.11 Å². The van der Waals surface area contributed by atoms with E-state index in [4.69, 9.17) is 9.47 Å².